The summed E-state index contributed by atoms with van der Waals surface area (Å²) in [5, 5.41) is 16.0. The minimum absolute atomic E-state index is 0.0253. The van der Waals surface area contributed by atoms with Crippen molar-refractivity contribution in [3.05, 3.63) is 53.6 Å². The standard InChI is InChI=1S/C36H39F2N5O3/c1-3-19-5-4-6-20-13-23(44)14-24(29(19)20)30-26(37)15-25-33(32(30)38)40-35(41-34(25)42-17-21-7-8-22(18-42)39-21)46-12-11-43-27-9-10-36(43)16-28(45-2)31(27)36/h4-6,13-15,21-22,27-28,31,39,44H,3,7-12,16-18H2,1-2H3. The van der Waals surface area contributed by atoms with Crippen molar-refractivity contribution in [2.75, 3.05) is 38.3 Å². The fourth-order valence-electron chi connectivity index (χ4n) is 9.82. The van der Waals surface area contributed by atoms with E-state index in [0.29, 0.717) is 73.0 Å². The molecule has 4 bridgehead atoms. The van der Waals surface area contributed by atoms with Crippen LogP contribution in [0.2, 0.25) is 0 Å². The molecule has 0 amide bonds. The fourth-order valence-corrected chi connectivity index (χ4v) is 9.82. The average Bonchev–Trinajstić information content (AvgIpc) is 3.68. The van der Waals surface area contributed by atoms with E-state index >= 15 is 8.78 Å². The molecule has 3 aromatic carbocycles. The van der Waals surface area contributed by atoms with Crippen LogP contribution >= 0.6 is 0 Å². The summed E-state index contributed by atoms with van der Waals surface area (Å²) in [5.41, 5.74) is 1.32. The van der Waals surface area contributed by atoms with Crippen LogP contribution in [0.25, 0.3) is 32.8 Å². The number of ether oxygens (including phenoxy) is 2. The van der Waals surface area contributed by atoms with E-state index < -0.39 is 11.6 Å². The van der Waals surface area contributed by atoms with E-state index in [9.17, 15) is 5.11 Å². The number of halogens is 2. The maximum Gasteiger partial charge on any atom is 0.319 e. The van der Waals surface area contributed by atoms with Gasteiger partial charge in [-0.25, -0.2) is 8.78 Å². The van der Waals surface area contributed by atoms with E-state index in [4.69, 9.17) is 14.5 Å². The van der Waals surface area contributed by atoms with E-state index in [0.717, 1.165) is 42.1 Å². The summed E-state index contributed by atoms with van der Waals surface area (Å²) in [7, 11) is 1.81. The summed E-state index contributed by atoms with van der Waals surface area (Å²) in [6.07, 6.45) is 6.62. The smallest absolute Gasteiger partial charge is 0.319 e. The third kappa shape index (κ3) is 4.05. The van der Waals surface area contributed by atoms with Crippen molar-refractivity contribution in [1.29, 1.82) is 0 Å². The van der Waals surface area contributed by atoms with Gasteiger partial charge in [0, 0.05) is 61.7 Å². The Labute approximate surface area is 266 Å². The number of piperidine rings is 1. The van der Waals surface area contributed by atoms with Gasteiger partial charge in [0.15, 0.2) is 5.82 Å². The number of rotatable bonds is 8. The van der Waals surface area contributed by atoms with Gasteiger partial charge in [-0.3, -0.25) is 4.90 Å². The Kier molecular flexibility index (Phi) is 6.50. The number of methoxy groups -OCH3 is 1. The number of phenolic OH excluding ortho intramolecular Hbond substituents is 1. The molecule has 46 heavy (non-hydrogen) atoms. The molecule has 4 saturated heterocycles. The second kappa shape index (κ2) is 10.5. The second-order valence-electron chi connectivity index (χ2n) is 13.9. The molecule has 1 aromatic heterocycles. The van der Waals surface area contributed by atoms with E-state index in [-0.39, 0.29) is 28.4 Å². The van der Waals surface area contributed by atoms with Gasteiger partial charge in [0.2, 0.25) is 0 Å². The summed E-state index contributed by atoms with van der Waals surface area (Å²) < 4.78 is 45.1. The first kappa shape index (κ1) is 28.6. The Hall–Kier alpha value is -3.60. The van der Waals surface area contributed by atoms with E-state index in [1.54, 1.807) is 6.07 Å². The maximum atomic E-state index is 16.9. The first-order chi connectivity index (χ1) is 22.4. The molecule has 4 aromatic rings. The number of piperazine rings is 1. The summed E-state index contributed by atoms with van der Waals surface area (Å²) >= 11 is 0. The van der Waals surface area contributed by atoms with Crippen molar-refractivity contribution in [3.63, 3.8) is 0 Å². The third-order valence-corrected chi connectivity index (χ3v) is 11.8. The first-order valence-electron chi connectivity index (χ1n) is 16.8. The number of aromatic nitrogens is 2. The molecule has 1 spiro atoms. The van der Waals surface area contributed by atoms with Gasteiger partial charge in [0.25, 0.3) is 0 Å². The molecule has 6 fully saturated rings. The third-order valence-electron chi connectivity index (χ3n) is 11.8. The largest absolute Gasteiger partial charge is 0.508 e. The van der Waals surface area contributed by atoms with Crippen LogP contribution in [0.3, 0.4) is 0 Å². The van der Waals surface area contributed by atoms with Crippen molar-refractivity contribution in [2.24, 2.45) is 5.92 Å². The van der Waals surface area contributed by atoms with Crippen molar-refractivity contribution in [2.45, 2.75) is 75.2 Å². The zero-order valence-corrected chi connectivity index (χ0v) is 26.2. The SMILES string of the molecule is CCc1cccc2cc(O)cc(-c3c(F)cc4c(N5CC6CCC(C5)N6)nc(OCCN5C6CCC57CC(OC)C67)nc4c3F)c12. The van der Waals surface area contributed by atoms with E-state index in [1.165, 1.54) is 25.0 Å². The molecule has 10 rings (SSSR count). The lowest BCUT2D eigenvalue weighted by Crippen LogP contribution is -2.78. The van der Waals surface area contributed by atoms with Crippen LogP contribution in [0.1, 0.15) is 44.6 Å². The lowest BCUT2D eigenvalue weighted by atomic mass is 9.57. The van der Waals surface area contributed by atoms with Crippen LogP contribution < -0.4 is 15.0 Å². The monoisotopic (exact) mass is 627 g/mol. The van der Waals surface area contributed by atoms with Crippen molar-refractivity contribution in [3.8, 4) is 22.9 Å². The summed E-state index contributed by atoms with van der Waals surface area (Å²) in [6.45, 7) is 4.54. The maximum absolute atomic E-state index is 16.9. The van der Waals surface area contributed by atoms with Crippen LogP contribution in [0.5, 0.6) is 11.8 Å². The van der Waals surface area contributed by atoms with Crippen molar-refractivity contribution in [1.82, 2.24) is 20.2 Å². The predicted molar refractivity (Wildman–Crippen MR) is 172 cm³/mol. The van der Waals surface area contributed by atoms with Gasteiger partial charge in [0.05, 0.1) is 11.7 Å². The number of benzene rings is 3. The van der Waals surface area contributed by atoms with Crippen molar-refractivity contribution < 1.29 is 23.4 Å². The number of hydrogen-bond donors (Lipinski definition) is 2. The van der Waals surface area contributed by atoms with Gasteiger partial charge in [0.1, 0.15) is 29.5 Å². The Balaban J connectivity index is 1.12. The Morgan fingerprint density at radius 3 is 2.67 bits per heavy atom. The highest BCUT2D eigenvalue weighted by atomic mass is 19.1. The average molecular weight is 628 g/mol. The number of aryl methyl sites for hydroxylation is 1. The Bertz CT molecular complexity index is 1880. The molecule has 2 saturated carbocycles. The minimum atomic E-state index is -0.776. The topological polar surface area (TPSA) is 83.0 Å². The van der Waals surface area contributed by atoms with Gasteiger partial charge >= 0.3 is 6.01 Å². The quantitative estimate of drug-likeness (QED) is 0.263. The molecule has 2 N–H and O–H groups in total. The van der Waals surface area contributed by atoms with Crippen LogP contribution in [0.15, 0.2) is 36.4 Å². The van der Waals surface area contributed by atoms with Crippen LogP contribution in [0.4, 0.5) is 14.6 Å². The zero-order valence-electron chi connectivity index (χ0n) is 26.2. The highest BCUT2D eigenvalue weighted by molar-refractivity contribution is 6.03. The highest BCUT2D eigenvalue weighted by Gasteiger charge is 2.73. The normalized spacial score (nSPS) is 29.7. The van der Waals surface area contributed by atoms with Gasteiger partial charge in [-0.2, -0.15) is 9.97 Å². The Morgan fingerprint density at radius 1 is 1.09 bits per heavy atom. The number of phenols is 1. The fraction of sp³-hybridized carbons (Fsp3) is 0.500. The van der Waals surface area contributed by atoms with E-state index in [2.05, 4.69) is 20.1 Å². The van der Waals surface area contributed by atoms with E-state index in [1.807, 2.05) is 32.2 Å². The number of nitrogens with zero attached hydrogens (tertiary/aromatic N) is 4. The summed E-state index contributed by atoms with van der Waals surface area (Å²) in [6, 6.07) is 11.4. The molecule has 4 aliphatic heterocycles. The molecule has 2 aliphatic carbocycles. The number of nitrogens with one attached hydrogen (secondary N) is 1. The van der Waals surface area contributed by atoms with Gasteiger partial charge in [-0.15, -0.1) is 0 Å². The second-order valence-corrected chi connectivity index (χ2v) is 13.9. The number of aromatic hydroxyl groups is 1. The van der Waals surface area contributed by atoms with Gasteiger partial charge in [-0.05, 0) is 78.6 Å². The number of fused-ring (bicyclic) bond motifs is 5. The Morgan fingerprint density at radius 2 is 1.91 bits per heavy atom. The van der Waals surface area contributed by atoms with Gasteiger partial charge < -0.3 is 24.8 Å². The summed E-state index contributed by atoms with van der Waals surface area (Å²) in [4.78, 5) is 14.1. The summed E-state index contributed by atoms with van der Waals surface area (Å²) in [5.74, 6) is -0.419. The molecule has 5 heterocycles. The van der Waals surface area contributed by atoms with Crippen molar-refractivity contribution >= 4 is 27.5 Å². The molecule has 10 heteroatoms. The molecule has 0 radical (unpaired) electrons. The van der Waals surface area contributed by atoms with Gasteiger partial charge in [-0.1, -0.05) is 25.1 Å². The zero-order chi connectivity index (χ0) is 31.3. The molecule has 6 unspecified atom stereocenters. The molecular weight excluding hydrogens is 588 g/mol. The predicted octanol–water partition coefficient (Wildman–Crippen LogP) is 5.57. The van der Waals surface area contributed by atoms with Crippen LogP contribution in [-0.4, -0.2) is 83.1 Å². The molecule has 240 valence electrons. The molecule has 6 aliphatic rings. The van der Waals surface area contributed by atoms with Crippen LogP contribution in [-0.2, 0) is 11.2 Å². The first-order valence-corrected chi connectivity index (χ1v) is 16.8. The molecule has 6 atom stereocenters. The molecule has 8 nitrogen and oxygen atoms in total. The number of anilines is 1. The van der Waals surface area contributed by atoms with Crippen LogP contribution in [0, 0.1) is 17.6 Å². The lowest BCUT2D eigenvalue weighted by Gasteiger charge is -2.68. The lowest BCUT2D eigenvalue weighted by molar-refractivity contribution is -0.233. The highest BCUT2D eigenvalue weighted by Crippen LogP contribution is 2.66. The minimum Gasteiger partial charge on any atom is -0.508 e. The number of hydrogen-bond acceptors (Lipinski definition) is 8. The molecular formula is C36H39F2N5O3.